The lowest BCUT2D eigenvalue weighted by Gasteiger charge is -2.31. The van der Waals surface area contributed by atoms with Crippen LogP contribution in [0.4, 0.5) is 4.39 Å². The quantitative estimate of drug-likeness (QED) is 0.540. The first-order valence-corrected chi connectivity index (χ1v) is 11.3. The summed E-state index contributed by atoms with van der Waals surface area (Å²) in [6.07, 6.45) is 0.888. The highest BCUT2D eigenvalue weighted by Crippen LogP contribution is 2.34. The zero-order chi connectivity index (χ0) is 21.5. The minimum Gasteiger partial charge on any atom is -0.431 e. The van der Waals surface area contributed by atoms with Crippen molar-refractivity contribution >= 4 is 32.7 Å². The Morgan fingerprint density at radius 3 is 2.87 bits per heavy atom. The van der Waals surface area contributed by atoms with E-state index in [9.17, 15) is 17.4 Å². The van der Waals surface area contributed by atoms with Crippen LogP contribution >= 0.6 is 11.6 Å². The molecule has 3 aromatic rings. The van der Waals surface area contributed by atoms with Crippen molar-refractivity contribution in [1.82, 2.24) is 5.32 Å². The summed E-state index contributed by atoms with van der Waals surface area (Å²) in [4.78, 5) is -0.0655. The van der Waals surface area contributed by atoms with Gasteiger partial charge >= 0.3 is 0 Å². The van der Waals surface area contributed by atoms with Crippen molar-refractivity contribution in [1.29, 1.82) is 0 Å². The second kappa shape index (κ2) is 8.28. The van der Waals surface area contributed by atoms with Gasteiger partial charge in [-0.1, -0.05) is 35.4 Å². The third kappa shape index (κ3) is 4.38. The number of rotatable bonds is 5. The Kier molecular flexibility index (Phi) is 5.87. The Bertz CT molecular complexity index is 1190. The van der Waals surface area contributed by atoms with Crippen LogP contribution in [0.1, 0.15) is 35.4 Å². The third-order valence-electron chi connectivity index (χ3n) is 5.37. The Morgan fingerprint density at radius 2 is 2.10 bits per heavy atom. The summed E-state index contributed by atoms with van der Waals surface area (Å²) in [5.74, 6) is -0.0978. The summed E-state index contributed by atoms with van der Waals surface area (Å²) in [7, 11) is -4.32. The van der Waals surface area contributed by atoms with Gasteiger partial charge in [0.25, 0.3) is 16.1 Å². The molecule has 2 N–H and O–H groups in total. The predicted octanol–water partition coefficient (Wildman–Crippen LogP) is 4.79. The van der Waals surface area contributed by atoms with Gasteiger partial charge in [-0.3, -0.25) is 9.87 Å². The van der Waals surface area contributed by atoms with Crippen LogP contribution in [0.5, 0.6) is 0 Å². The van der Waals surface area contributed by atoms with Gasteiger partial charge < -0.3 is 9.15 Å². The van der Waals surface area contributed by atoms with Gasteiger partial charge in [0.2, 0.25) is 0 Å². The van der Waals surface area contributed by atoms with E-state index in [-0.39, 0.29) is 23.6 Å². The van der Waals surface area contributed by atoms with E-state index in [0.717, 1.165) is 5.56 Å². The normalized spacial score (nSPS) is 20.0. The monoisotopic (exact) mass is 453 g/mol. The number of hydrogen-bond donors (Lipinski definition) is 2. The second-order valence-electron chi connectivity index (χ2n) is 7.49. The third-order valence-corrected chi connectivity index (χ3v) is 6.63. The maximum absolute atomic E-state index is 13.5. The van der Waals surface area contributed by atoms with Gasteiger partial charge in [0.1, 0.15) is 11.8 Å². The van der Waals surface area contributed by atoms with Gasteiger partial charge in [-0.2, -0.15) is 12.8 Å². The van der Waals surface area contributed by atoms with Crippen molar-refractivity contribution in [2.24, 2.45) is 0 Å². The van der Waals surface area contributed by atoms with Gasteiger partial charge in [-0.05, 0) is 49.9 Å². The molecule has 6 nitrogen and oxygen atoms in total. The van der Waals surface area contributed by atoms with E-state index in [1.165, 1.54) is 12.1 Å². The lowest BCUT2D eigenvalue weighted by molar-refractivity contribution is -0.00409. The molecule has 9 heteroatoms. The molecule has 4 rings (SSSR count). The molecule has 2 heterocycles. The van der Waals surface area contributed by atoms with Gasteiger partial charge in [0.15, 0.2) is 0 Å². The minimum absolute atomic E-state index is 0.0655. The molecular formula is C21H21ClFNO5S. The summed E-state index contributed by atoms with van der Waals surface area (Å²) in [6, 6.07) is 8.82. The molecule has 0 saturated carbocycles. The van der Waals surface area contributed by atoms with Crippen LogP contribution in [0.2, 0.25) is 5.02 Å². The predicted molar refractivity (Wildman–Crippen MR) is 111 cm³/mol. The van der Waals surface area contributed by atoms with Gasteiger partial charge in [0, 0.05) is 17.0 Å². The summed E-state index contributed by atoms with van der Waals surface area (Å²) >= 11 is 6.09. The van der Waals surface area contributed by atoms with Crippen LogP contribution in [-0.4, -0.2) is 25.7 Å². The molecule has 0 radical (unpaired) electrons. The SMILES string of the molecule is Cc1ccc(S(=O)(=O)O)c(C2CCNC(OCc3ccc(Cl)c4cc(F)oc34)C2)c1. The zero-order valence-corrected chi connectivity index (χ0v) is 17.8. The number of halogens is 2. The first-order chi connectivity index (χ1) is 14.2. The number of furan rings is 1. The van der Waals surface area contributed by atoms with Crippen molar-refractivity contribution in [3.63, 3.8) is 0 Å². The Labute approximate surface area is 178 Å². The molecule has 0 amide bonds. The molecule has 30 heavy (non-hydrogen) atoms. The number of nitrogens with one attached hydrogen (secondary N) is 1. The Hall–Kier alpha value is -1.97. The molecule has 1 aromatic heterocycles. The first-order valence-electron chi connectivity index (χ1n) is 9.52. The summed E-state index contributed by atoms with van der Waals surface area (Å²) in [5.41, 5.74) is 2.52. The molecule has 0 bridgehead atoms. The molecule has 2 aromatic carbocycles. The molecule has 2 unspecified atom stereocenters. The highest BCUT2D eigenvalue weighted by molar-refractivity contribution is 7.85. The number of fused-ring (bicyclic) bond motifs is 1. The smallest absolute Gasteiger partial charge is 0.294 e. The minimum atomic E-state index is -4.32. The van der Waals surface area contributed by atoms with E-state index >= 15 is 0 Å². The van der Waals surface area contributed by atoms with Crippen LogP contribution in [0.25, 0.3) is 11.0 Å². The molecule has 160 valence electrons. The van der Waals surface area contributed by atoms with Crippen molar-refractivity contribution in [2.45, 2.75) is 43.4 Å². The molecular weight excluding hydrogens is 433 g/mol. The molecule has 1 aliphatic rings. The van der Waals surface area contributed by atoms with E-state index in [1.807, 2.05) is 6.92 Å². The topological polar surface area (TPSA) is 88.8 Å². The van der Waals surface area contributed by atoms with Crippen LogP contribution < -0.4 is 5.32 Å². The van der Waals surface area contributed by atoms with Crippen molar-refractivity contribution < 1.29 is 26.5 Å². The number of benzene rings is 2. The molecule has 1 fully saturated rings. The molecule has 1 aliphatic heterocycles. The largest absolute Gasteiger partial charge is 0.431 e. The van der Waals surface area contributed by atoms with E-state index in [1.54, 1.807) is 24.3 Å². The lowest BCUT2D eigenvalue weighted by atomic mass is 9.88. The van der Waals surface area contributed by atoms with Crippen LogP contribution in [0.15, 0.2) is 45.7 Å². The molecule has 2 atom stereocenters. The first kappa shape index (κ1) is 21.3. The average molecular weight is 454 g/mol. The number of hydrogen-bond acceptors (Lipinski definition) is 5. The summed E-state index contributed by atoms with van der Waals surface area (Å²) in [5, 5.41) is 4.15. The molecule has 0 aliphatic carbocycles. The zero-order valence-electron chi connectivity index (χ0n) is 16.2. The summed E-state index contributed by atoms with van der Waals surface area (Å²) in [6.45, 7) is 2.67. The maximum atomic E-state index is 13.5. The average Bonchev–Trinajstić information content (AvgIpc) is 3.09. The van der Waals surface area contributed by atoms with Crippen molar-refractivity contribution in [2.75, 3.05) is 6.54 Å². The fraction of sp³-hybridized carbons (Fsp3) is 0.333. The van der Waals surface area contributed by atoms with Crippen LogP contribution in [0.3, 0.4) is 0 Å². The standard InChI is InChI=1S/C21H21ClFNO5S/c1-12-2-5-18(30(25,26)27)15(8-12)13-6-7-24-20(9-13)28-11-14-3-4-17(22)16-10-19(23)29-21(14)16/h2-5,8,10,13,20,24H,6-7,9,11H2,1H3,(H,25,26,27). The molecule has 1 saturated heterocycles. The Balaban J connectivity index is 1.52. The fourth-order valence-corrected chi connectivity index (χ4v) is 4.90. The molecule has 0 spiro atoms. The lowest BCUT2D eigenvalue weighted by Crippen LogP contribution is -2.39. The highest BCUT2D eigenvalue weighted by Gasteiger charge is 2.28. The van der Waals surface area contributed by atoms with Crippen LogP contribution in [0, 0.1) is 12.9 Å². The van der Waals surface area contributed by atoms with Crippen molar-refractivity contribution in [3.05, 3.63) is 64.1 Å². The second-order valence-corrected chi connectivity index (χ2v) is 9.29. The van der Waals surface area contributed by atoms with Crippen molar-refractivity contribution in [3.8, 4) is 0 Å². The van der Waals surface area contributed by atoms with E-state index in [0.29, 0.717) is 46.5 Å². The van der Waals surface area contributed by atoms with Gasteiger partial charge in [0.05, 0.1) is 16.5 Å². The fourth-order valence-electron chi connectivity index (χ4n) is 3.93. The Morgan fingerprint density at radius 1 is 1.30 bits per heavy atom. The summed E-state index contributed by atoms with van der Waals surface area (Å²) < 4.78 is 57.9. The number of aryl methyl sites for hydroxylation is 1. The highest BCUT2D eigenvalue weighted by atomic mass is 35.5. The maximum Gasteiger partial charge on any atom is 0.294 e. The van der Waals surface area contributed by atoms with E-state index < -0.39 is 16.1 Å². The number of piperidine rings is 1. The van der Waals surface area contributed by atoms with Crippen LogP contribution in [-0.2, 0) is 21.5 Å². The number of ether oxygens (including phenoxy) is 1. The van der Waals surface area contributed by atoms with Gasteiger partial charge in [-0.15, -0.1) is 0 Å². The van der Waals surface area contributed by atoms with E-state index in [2.05, 4.69) is 5.32 Å². The van der Waals surface area contributed by atoms with Gasteiger partial charge in [-0.25, -0.2) is 0 Å². The van der Waals surface area contributed by atoms with E-state index in [4.69, 9.17) is 20.8 Å².